The van der Waals surface area contributed by atoms with Crippen LogP contribution in [0.1, 0.15) is 18.5 Å². The van der Waals surface area contributed by atoms with Gasteiger partial charge < -0.3 is 20.3 Å². The first-order valence-corrected chi connectivity index (χ1v) is 10.5. The fourth-order valence-electron chi connectivity index (χ4n) is 4.08. The van der Waals surface area contributed by atoms with Crippen molar-refractivity contribution in [3.63, 3.8) is 0 Å². The highest BCUT2D eigenvalue weighted by molar-refractivity contribution is 5.94. The molecule has 2 aliphatic rings. The molecule has 0 saturated carbocycles. The van der Waals surface area contributed by atoms with E-state index in [4.69, 9.17) is 4.74 Å². The number of anilines is 1. The van der Waals surface area contributed by atoms with Crippen molar-refractivity contribution in [1.29, 1.82) is 5.26 Å². The molecule has 4 heterocycles. The first kappa shape index (κ1) is 23.1. The Morgan fingerprint density at radius 3 is 2.79 bits per heavy atom. The van der Waals surface area contributed by atoms with Crippen molar-refractivity contribution < 1.29 is 27.1 Å². The lowest BCUT2D eigenvalue weighted by Gasteiger charge is -2.39. The van der Waals surface area contributed by atoms with Gasteiger partial charge in [-0.3, -0.25) is 9.78 Å². The second-order valence-corrected chi connectivity index (χ2v) is 8.18. The number of morpholine rings is 1. The molecule has 2 N–H and O–H groups in total. The van der Waals surface area contributed by atoms with Gasteiger partial charge in [0.1, 0.15) is 17.3 Å². The van der Waals surface area contributed by atoms with E-state index in [2.05, 4.69) is 20.6 Å². The molecule has 0 unspecified atom stereocenters. The van der Waals surface area contributed by atoms with Gasteiger partial charge in [0.2, 0.25) is 0 Å². The van der Waals surface area contributed by atoms with Gasteiger partial charge in [0.15, 0.2) is 17.9 Å². The Labute approximate surface area is 186 Å². The van der Waals surface area contributed by atoms with Gasteiger partial charge in [-0.05, 0) is 38.1 Å². The number of hydrogen-bond acceptors (Lipinski definition) is 7. The third-order valence-corrected chi connectivity index (χ3v) is 5.91. The van der Waals surface area contributed by atoms with E-state index >= 15 is 0 Å². The highest BCUT2D eigenvalue weighted by Gasteiger charge is 2.48. The molecule has 0 spiro atoms. The summed E-state index contributed by atoms with van der Waals surface area (Å²) in [6.07, 6.45) is -5.28. The zero-order chi connectivity index (χ0) is 23.6. The van der Waals surface area contributed by atoms with E-state index in [1.165, 1.54) is 17.3 Å². The normalized spacial score (nSPS) is 23.2. The Morgan fingerprint density at radius 2 is 2.09 bits per heavy atom. The molecule has 176 valence electrons. The van der Waals surface area contributed by atoms with Gasteiger partial charge in [-0.1, -0.05) is 0 Å². The Morgan fingerprint density at radius 1 is 1.33 bits per heavy atom. The van der Waals surface area contributed by atoms with Crippen LogP contribution in [0.25, 0.3) is 10.9 Å². The number of fused-ring (bicyclic) bond motifs is 1. The van der Waals surface area contributed by atoms with Crippen molar-refractivity contribution >= 4 is 22.5 Å². The third kappa shape index (κ3) is 4.99. The van der Waals surface area contributed by atoms with Crippen LogP contribution in [0.4, 0.5) is 23.2 Å². The average molecular weight is 466 g/mol. The summed E-state index contributed by atoms with van der Waals surface area (Å²) in [5.41, 5.74) is -1.02. The average Bonchev–Trinajstić information content (AvgIpc) is 2.81. The minimum atomic E-state index is -4.72. The summed E-state index contributed by atoms with van der Waals surface area (Å²) < 4.78 is 60.8. The monoisotopic (exact) mass is 466 g/mol. The highest BCUT2D eigenvalue weighted by Crippen LogP contribution is 2.33. The van der Waals surface area contributed by atoms with E-state index < -0.39 is 36.5 Å². The van der Waals surface area contributed by atoms with Gasteiger partial charge in [-0.25, -0.2) is 9.37 Å². The van der Waals surface area contributed by atoms with Crippen LogP contribution in [0.15, 0.2) is 24.5 Å². The molecule has 2 aromatic heterocycles. The number of ether oxygens (including phenoxy) is 1. The van der Waals surface area contributed by atoms with Gasteiger partial charge in [0.25, 0.3) is 5.91 Å². The second-order valence-electron chi connectivity index (χ2n) is 8.18. The number of pyridine rings is 2. The number of carbonyl (C=O) groups excluding carboxylic acids is 1. The molecule has 2 aliphatic heterocycles. The first-order chi connectivity index (χ1) is 15.7. The van der Waals surface area contributed by atoms with Gasteiger partial charge in [-0.2, -0.15) is 18.4 Å². The predicted molar refractivity (Wildman–Crippen MR) is 110 cm³/mol. The fourth-order valence-corrected chi connectivity index (χ4v) is 4.08. The summed E-state index contributed by atoms with van der Waals surface area (Å²) in [6, 6.07) is 5.13. The smallest absolute Gasteiger partial charge is 0.364 e. The molecule has 2 fully saturated rings. The molecule has 2 atom stereocenters. The highest BCUT2D eigenvalue weighted by atomic mass is 19.4. The summed E-state index contributed by atoms with van der Waals surface area (Å²) in [4.78, 5) is 22.2. The number of aromatic nitrogens is 2. The van der Waals surface area contributed by atoms with Crippen molar-refractivity contribution in [1.82, 2.24) is 20.6 Å². The van der Waals surface area contributed by atoms with Crippen LogP contribution >= 0.6 is 0 Å². The molecular weight excluding hydrogens is 444 g/mol. The van der Waals surface area contributed by atoms with Crippen molar-refractivity contribution in [2.75, 3.05) is 37.6 Å². The number of amides is 1. The van der Waals surface area contributed by atoms with Gasteiger partial charge >= 0.3 is 6.18 Å². The molecule has 0 radical (unpaired) electrons. The molecule has 12 heteroatoms. The van der Waals surface area contributed by atoms with Crippen LogP contribution in [-0.2, 0) is 9.53 Å². The van der Waals surface area contributed by atoms with Gasteiger partial charge in [0, 0.05) is 11.6 Å². The Hall–Kier alpha value is -3.04. The molecule has 33 heavy (non-hydrogen) atoms. The van der Waals surface area contributed by atoms with E-state index in [0.29, 0.717) is 24.2 Å². The Bertz CT molecular complexity index is 1070. The molecule has 0 aliphatic carbocycles. The lowest BCUT2D eigenvalue weighted by molar-refractivity contribution is -0.234. The number of alkyl halides is 4. The van der Waals surface area contributed by atoms with Crippen LogP contribution in [0.3, 0.4) is 0 Å². The minimum Gasteiger partial charge on any atom is -0.364 e. The van der Waals surface area contributed by atoms with Crippen molar-refractivity contribution in [2.45, 2.75) is 36.9 Å². The van der Waals surface area contributed by atoms with Crippen LogP contribution in [0, 0.1) is 11.3 Å². The fraction of sp³-hybridized carbons (Fsp3) is 0.524. The Balaban J connectivity index is 1.59. The predicted octanol–water partition coefficient (Wildman–Crippen LogP) is 1.85. The first-order valence-electron chi connectivity index (χ1n) is 10.5. The van der Waals surface area contributed by atoms with Crippen molar-refractivity contribution in [3.8, 4) is 6.07 Å². The number of rotatable bonds is 4. The topological polar surface area (TPSA) is 103 Å². The Kier molecular flexibility index (Phi) is 6.36. The SMILES string of the molecule is N#Cc1ncc(N2C[C@@H](C(=O)NCC3(F)CCNCC3)O[C@@H](C(F)(F)F)C2)c2cccnc12. The van der Waals surface area contributed by atoms with Crippen LogP contribution < -0.4 is 15.5 Å². The van der Waals surface area contributed by atoms with Crippen LogP contribution in [-0.4, -0.2) is 72.7 Å². The number of nitrogens with one attached hydrogen (secondary N) is 2. The third-order valence-electron chi connectivity index (χ3n) is 5.91. The zero-order valence-corrected chi connectivity index (χ0v) is 17.5. The summed E-state index contributed by atoms with van der Waals surface area (Å²) in [7, 11) is 0. The van der Waals surface area contributed by atoms with E-state index in [-0.39, 0.29) is 37.1 Å². The molecule has 4 rings (SSSR count). The number of hydrogen-bond donors (Lipinski definition) is 2. The van der Waals surface area contributed by atoms with Gasteiger partial charge in [-0.15, -0.1) is 0 Å². The summed E-state index contributed by atoms with van der Waals surface area (Å²) in [6.45, 7) is -0.137. The second kappa shape index (κ2) is 9.07. The van der Waals surface area contributed by atoms with E-state index in [1.54, 1.807) is 12.1 Å². The number of nitriles is 1. The van der Waals surface area contributed by atoms with Crippen molar-refractivity contribution in [3.05, 3.63) is 30.2 Å². The van der Waals surface area contributed by atoms with Crippen molar-refractivity contribution in [2.24, 2.45) is 0 Å². The molecule has 0 bridgehead atoms. The lowest BCUT2D eigenvalue weighted by Crippen LogP contribution is -2.58. The summed E-state index contributed by atoms with van der Waals surface area (Å²) in [5.74, 6) is -0.812. The van der Waals surface area contributed by atoms with E-state index in [9.17, 15) is 27.6 Å². The number of piperidine rings is 1. The summed E-state index contributed by atoms with van der Waals surface area (Å²) >= 11 is 0. The lowest BCUT2D eigenvalue weighted by atomic mass is 9.94. The maximum Gasteiger partial charge on any atom is 0.416 e. The van der Waals surface area contributed by atoms with Crippen LogP contribution in [0.5, 0.6) is 0 Å². The molecule has 2 aromatic rings. The molecular formula is C21H22F4N6O2. The number of halogens is 4. The van der Waals surface area contributed by atoms with Crippen LogP contribution in [0.2, 0.25) is 0 Å². The number of carbonyl (C=O) groups is 1. The molecule has 1 amide bonds. The number of nitrogens with zero attached hydrogens (tertiary/aromatic N) is 4. The summed E-state index contributed by atoms with van der Waals surface area (Å²) in [5, 5.41) is 15.1. The van der Waals surface area contributed by atoms with E-state index in [1.807, 2.05) is 6.07 Å². The molecule has 8 nitrogen and oxygen atoms in total. The maximum absolute atomic E-state index is 14.8. The maximum atomic E-state index is 14.8. The molecule has 2 saturated heterocycles. The van der Waals surface area contributed by atoms with E-state index in [0.717, 1.165) is 0 Å². The molecule has 0 aromatic carbocycles. The quantitative estimate of drug-likeness (QED) is 0.663. The zero-order valence-electron chi connectivity index (χ0n) is 17.5. The standard InChI is InChI=1S/C21H22F4N6O2/c22-20(3-6-27-7-4-20)12-30-19(32)16-10-31(11-17(33-16)21(23,24)25)15-9-29-14(8-26)18-13(15)2-1-5-28-18/h1-2,5,9,16-17,27H,3-4,6-7,10-12H2,(H,30,32)/t16-,17+/m0/s1. The largest absolute Gasteiger partial charge is 0.416 e. The minimum absolute atomic E-state index is 0.0412. The van der Waals surface area contributed by atoms with Gasteiger partial charge in [0.05, 0.1) is 31.5 Å².